The van der Waals surface area contributed by atoms with Crippen LogP contribution in [0, 0.1) is 11.3 Å². The molecule has 15 heavy (non-hydrogen) atoms. The van der Waals surface area contributed by atoms with E-state index in [0.29, 0.717) is 17.3 Å². The first-order valence-electron chi connectivity index (χ1n) is 5.28. The van der Waals surface area contributed by atoms with E-state index in [2.05, 4.69) is 6.58 Å². The molecule has 0 aromatic carbocycles. The lowest BCUT2D eigenvalue weighted by Crippen LogP contribution is -2.25. The van der Waals surface area contributed by atoms with Crippen LogP contribution >= 0.6 is 0 Å². The second-order valence-electron chi connectivity index (χ2n) is 4.64. The van der Waals surface area contributed by atoms with Gasteiger partial charge in [0, 0.05) is 5.57 Å². The largest absolute Gasteiger partial charge is 0.427 e. The number of ether oxygens (including phenoxy) is 1. The first-order valence-corrected chi connectivity index (χ1v) is 5.28. The lowest BCUT2D eigenvalue weighted by molar-refractivity contribution is -0.137. The fourth-order valence-electron chi connectivity index (χ4n) is 2.48. The molecule has 2 atom stereocenters. The van der Waals surface area contributed by atoms with Crippen LogP contribution in [0.4, 0.5) is 0 Å². The lowest BCUT2D eigenvalue weighted by atomic mass is 9.87. The van der Waals surface area contributed by atoms with Crippen LogP contribution in [0.15, 0.2) is 24.0 Å². The van der Waals surface area contributed by atoms with Crippen molar-refractivity contribution in [2.24, 2.45) is 11.3 Å². The molecule has 0 aliphatic heterocycles. The number of allylic oxidation sites excluding steroid dienone is 1. The third kappa shape index (κ3) is 1.61. The zero-order chi connectivity index (χ0) is 11.1. The summed E-state index contributed by atoms with van der Waals surface area (Å²) in [6.45, 7) is 5.24. The summed E-state index contributed by atoms with van der Waals surface area (Å²) in [6, 6.07) is 0. The molecular weight excluding hydrogens is 192 g/mol. The Morgan fingerprint density at radius 3 is 3.07 bits per heavy atom. The highest BCUT2D eigenvalue weighted by atomic mass is 16.5. The highest BCUT2D eigenvalue weighted by Gasteiger charge is 2.48. The predicted octanol–water partition coefficient (Wildman–Crippen LogP) is 1.78. The van der Waals surface area contributed by atoms with Crippen molar-refractivity contribution in [3.8, 4) is 0 Å². The molecule has 0 saturated heterocycles. The Hall–Kier alpha value is -1.09. The molecule has 82 valence electrons. The van der Waals surface area contributed by atoms with E-state index in [-0.39, 0.29) is 18.0 Å². The van der Waals surface area contributed by atoms with Crippen LogP contribution in [0.1, 0.15) is 26.2 Å². The Labute approximate surface area is 89.4 Å². The lowest BCUT2D eigenvalue weighted by Gasteiger charge is -2.26. The van der Waals surface area contributed by atoms with Gasteiger partial charge in [0.1, 0.15) is 5.76 Å². The number of carbonyl (C=O) groups excluding carboxylic acids is 1. The molecule has 2 bridgehead atoms. The van der Waals surface area contributed by atoms with Crippen LogP contribution in [0.3, 0.4) is 0 Å². The number of aliphatic hydroxyl groups is 1. The Morgan fingerprint density at radius 2 is 2.53 bits per heavy atom. The van der Waals surface area contributed by atoms with Crippen molar-refractivity contribution in [1.82, 2.24) is 0 Å². The van der Waals surface area contributed by atoms with E-state index in [4.69, 9.17) is 4.74 Å². The number of fused-ring (bicyclic) bond motifs is 2. The van der Waals surface area contributed by atoms with Crippen LogP contribution in [0.2, 0.25) is 0 Å². The molecule has 3 nitrogen and oxygen atoms in total. The SMILES string of the molecule is C=C(C)C(=O)OC1=CC2CCC1(CO)C2. The van der Waals surface area contributed by atoms with Gasteiger partial charge in [-0.2, -0.15) is 0 Å². The van der Waals surface area contributed by atoms with Gasteiger partial charge in [-0.05, 0) is 38.2 Å². The van der Waals surface area contributed by atoms with E-state index in [1.807, 2.05) is 6.08 Å². The molecule has 2 aliphatic carbocycles. The standard InChI is InChI=1S/C12H16O3/c1-8(2)11(14)15-10-5-9-3-4-12(10,6-9)7-13/h5,9,13H,1,3-4,6-7H2,2H3. The first kappa shape index (κ1) is 10.4. The molecule has 1 saturated carbocycles. The zero-order valence-corrected chi connectivity index (χ0v) is 8.95. The number of rotatable bonds is 3. The van der Waals surface area contributed by atoms with Gasteiger partial charge in [0.2, 0.25) is 0 Å². The number of hydrogen-bond acceptors (Lipinski definition) is 3. The third-order valence-electron chi connectivity index (χ3n) is 3.41. The quantitative estimate of drug-likeness (QED) is 0.568. The van der Waals surface area contributed by atoms with Gasteiger partial charge in [-0.25, -0.2) is 4.79 Å². The second kappa shape index (κ2) is 3.49. The summed E-state index contributed by atoms with van der Waals surface area (Å²) in [7, 11) is 0. The number of aliphatic hydroxyl groups excluding tert-OH is 1. The minimum Gasteiger partial charge on any atom is -0.427 e. The van der Waals surface area contributed by atoms with E-state index in [1.165, 1.54) is 0 Å². The molecule has 0 aromatic rings. The van der Waals surface area contributed by atoms with Crippen LogP contribution in [-0.4, -0.2) is 17.7 Å². The molecule has 0 radical (unpaired) electrons. The second-order valence-corrected chi connectivity index (χ2v) is 4.64. The van der Waals surface area contributed by atoms with E-state index in [9.17, 15) is 9.90 Å². The molecule has 2 rings (SSSR count). The van der Waals surface area contributed by atoms with E-state index < -0.39 is 0 Å². The smallest absolute Gasteiger partial charge is 0.338 e. The number of esters is 1. The zero-order valence-electron chi connectivity index (χ0n) is 8.95. The molecule has 2 unspecified atom stereocenters. The van der Waals surface area contributed by atoms with Crippen molar-refractivity contribution >= 4 is 5.97 Å². The number of hydrogen-bond donors (Lipinski definition) is 1. The maximum atomic E-state index is 11.4. The Kier molecular flexibility index (Phi) is 2.43. The molecule has 3 heteroatoms. The predicted molar refractivity (Wildman–Crippen MR) is 55.8 cm³/mol. The number of carbonyl (C=O) groups is 1. The maximum Gasteiger partial charge on any atom is 0.338 e. The molecular formula is C12H16O3. The topological polar surface area (TPSA) is 46.5 Å². The van der Waals surface area contributed by atoms with Crippen molar-refractivity contribution in [1.29, 1.82) is 0 Å². The Morgan fingerprint density at radius 1 is 1.80 bits per heavy atom. The summed E-state index contributed by atoms with van der Waals surface area (Å²) < 4.78 is 5.26. The van der Waals surface area contributed by atoms with Crippen LogP contribution in [0.25, 0.3) is 0 Å². The fraction of sp³-hybridized carbons (Fsp3) is 0.583. The van der Waals surface area contributed by atoms with Crippen molar-refractivity contribution in [3.63, 3.8) is 0 Å². The molecule has 1 fully saturated rings. The summed E-state index contributed by atoms with van der Waals surface area (Å²) in [5.74, 6) is 0.751. The highest BCUT2D eigenvalue weighted by molar-refractivity contribution is 5.87. The molecule has 0 amide bonds. The van der Waals surface area contributed by atoms with E-state index in [1.54, 1.807) is 6.92 Å². The molecule has 0 spiro atoms. The highest BCUT2D eigenvalue weighted by Crippen LogP contribution is 2.53. The van der Waals surface area contributed by atoms with E-state index in [0.717, 1.165) is 19.3 Å². The Bertz CT molecular complexity index is 343. The van der Waals surface area contributed by atoms with Gasteiger partial charge >= 0.3 is 5.97 Å². The normalized spacial score (nSPS) is 32.7. The summed E-state index contributed by atoms with van der Waals surface area (Å²) in [5.41, 5.74) is 0.113. The summed E-state index contributed by atoms with van der Waals surface area (Å²) in [5, 5.41) is 9.41. The Balaban J connectivity index is 2.13. The average molecular weight is 208 g/mol. The van der Waals surface area contributed by atoms with Crippen LogP contribution in [0.5, 0.6) is 0 Å². The van der Waals surface area contributed by atoms with Crippen LogP contribution < -0.4 is 0 Å². The maximum absolute atomic E-state index is 11.4. The van der Waals surface area contributed by atoms with Crippen molar-refractivity contribution in [2.75, 3.05) is 6.61 Å². The summed E-state index contributed by atoms with van der Waals surface area (Å²) in [6.07, 6.45) is 4.92. The van der Waals surface area contributed by atoms with Crippen molar-refractivity contribution < 1.29 is 14.6 Å². The van der Waals surface area contributed by atoms with Gasteiger partial charge in [0.15, 0.2) is 0 Å². The van der Waals surface area contributed by atoms with Gasteiger partial charge in [0.05, 0.1) is 12.0 Å². The van der Waals surface area contributed by atoms with Crippen LogP contribution in [-0.2, 0) is 9.53 Å². The molecule has 0 aromatic heterocycles. The molecule has 2 aliphatic rings. The summed E-state index contributed by atoms with van der Waals surface area (Å²) in [4.78, 5) is 11.4. The minimum atomic E-state index is -0.387. The fourth-order valence-corrected chi connectivity index (χ4v) is 2.48. The van der Waals surface area contributed by atoms with E-state index >= 15 is 0 Å². The minimum absolute atomic E-state index is 0.0683. The molecule has 1 N–H and O–H groups in total. The van der Waals surface area contributed by atoms with Crippen molar-refractivity contribution in [3.05, 3.63) is 24.0 Å². The van der Waals surface area contributed by atoms with Gasteiger partial charge in [-0.15, -0.1) is 0 Å². The average Bonchev–Trinajstić information content (AvgIpc) is 2.75. The van der Waals surface area contributed by atoms with Gasteiger partial charge < -0.3 is 9.84 Å². The van der Waals surface area contributed by atoms with Gasteiger partial charge in [0.25, 0.3) is 0 Å². The third-order valence-corrected chi connectivity index (χ3v) is 3.41. The first-order chi connectivity index (χ1) is 7.07. The van der Waals surface area contributed by atoms with Gasteiger partial charge in [-0.1, -0.05) is 6.58 Å². The van der Waals surface area contributed by atoms with Gasteiger partial charge in [-0.3, -0.25) is 0 Å². The van der Waals surface area contributed by atoms with Crippen molar-refractivity contribution in [2.45, 2.75) is 26.2 Å². The monoisotopic (exact) mass is 208 g/mol. The summed E-state index contributed by atoms with van der Waals surface area (Å²) >= 11 is 0. The molecule has 0 heterocycles.